The Hall–Kier alpha value is -3.55. The minimum Gasteiger partial charge on any atom is -0.394 e. The van der Waals surface area contributed by atoms with Crippen LogP contribution in [0.5, 0.6) is 0 Å². The number of aliphatic hydroxyl groups excluding tert-OH is 11. The summed E-state index contributed by atoms with van der Waals surface area (Å²) in [7, 11) is 0. The van der Waals surface area contributed by atoms with Crippen LogP contribution in [-0.4, -0.2) is 193 Å². The Bertz CT molecular complexity index is 2140. The molecule has 1 amide bonds. The average molecular weight is 1340 g/mol. The van der Waals surface area contributed by atoms with E-state index in [1.54, 1.807) is 6.08 Å². The largest absolute Gasteiger partial charge is 0.394 e. The fourth-order valence-electron chi connectivity index (χ4n) is 11.6. The van der Waals surface area contributed by atoms with Crippen LogP contribution in [0.3, 0.4) is 0 Å². The molecule has 3 aliphatic rings. The van der Waals surface area contributed by atoms with Crippen LogP contribution in [0.4, 0.5) is 0 Å². The van der Waals surface area contributed by atoms with Gasteiger partial charge in [-0.1, -0.05) is 239 Å². The Kier molecular flexibility index (Phi) is 50.7. The van der Waals surface area contributed by atoms with Crippen molar-refractivity contribution in [1.82, 2.24) is 5.32 Å². The van der Waals surface area contributed by atoms with Crippen LogP contribution in [0.15, 0.2) is 109 Å². The monoisotopic (exact) mass is 1340 g/mol. The quantitative estimate of drug-likeness (QED) is 0.0199. The van der Waals surface area contributed by atoms with E-state index in [2.05, 4.69) is 116 Å². The maximum atomic E-state index is 13.4. The number of rotatable bonds is 55. The minimum atomic E-state index is -1.99. The summed E-state index contributed by atoms with van der Waals surface area (Å²) in [6, 6.07) is -1.02. The molecule has 3 rings (SSSR count). The molecule has 19 nitrogen and oxygen atoms in total. The summed E-state index contributed by atoms with van der Waals surface area (Å²) in [5.74, 6) is -0.317. The molecule has 0 saturated carbocycles. The molecule has 0 bridgehead atoms. The number of hydrogen-bond acceptors (Lipinski definition) is 18. The molecule has 17 unspecified atom stereocenters. The van der Waals surface area contributed by atoms with Gasteiger partial charge in [0.15, 0.2) is 18.9 Å². The fourth-order valence-corrected chi connectivity index (χ4v) is 11.6. The average Bonchev–Trinajstić information content (AvgIpc) is 0.787. The van der Waals surface area contributed by atoms with Crippen molar-refractivity contribution in [2.45, 2.75) is 336 Å². The number of nitrogens with one attached hydrogen (secondary N) is 1. The Labute approximate surface area is 570 Å². The Morgan fingerprint density at radius 2 is 0.737 bits per heavy atom. The van der Waals surface area contributed by atoms with Gasteiger partial charge in [0.25, 0.3) is 0 Å². The highest BCUT2D eigenvalue weighted by molar-refractivity contribution is 5.76. The van der Waals surface area contributed by atoms with Crippen LogP contribution >= 0.6 is 0 Å². The first-order valence-electron chi connectivity index (χ1n) is 36.6. The second kappa shape index (κ2) is 56.2. The molecule has 17 atom stereocenters. The topological polar surface area (TPSA) is 307 Å². The number of ether oxygens (including phenoxy) is 6. The van der Waals surface area contributed by atoms with Crippen molar-refractivity contribution >= 4 is 5.91 Å². The van der Waals surface area contributed by atoms with Gasteiger partial charge < -0.3 is 89.9 Å². The summed E-state index contributed by atoms with van der Waals surface area (Å²) in [6.45, 7) is 1.57. The molecule has 12 N–H and O–H groups in total. The van der Waals surface area contributed by atoms with Crippen molar-refractivity contribution in [3.63, 3.8) is 0 Å². The Balaban J connectivity index is 1.46. The summed E-state index contributed by atoms with van der Waals surface area (Å²) in [4.78, 5) is 13.4. The van der Waals surface area contributed by atoms with Gasteiger partial charge in [-0.25, -0.2) is 0 Å². The SMILES string of the molecule is CC/C=C\C/C=C\C/C=C\C/C=C\C/C=C\C/C=C\CCCCCCC(=O)NC(COC1OC(CO)C(OC2OC(CO)C(OC3OC(CO)C(O)C(O)C3O)C(O)C2O)C(O)C1O)C(O)/C=C/CC/C=C/CC/C=C/CCCCCCCCCCCCCCCCCCC. The van der Waals surface area contributed by atoms with Crippen LogP contribution in [0.2, 0.25) is 0 Å². The van der Waals surface area contributed by atoms with E-state index < -0.39 is 124 Å². The number of hydrogen-bond donors (Lipinski definition) is 12. The molecule has 0 aromatic rings. The fraction of sp³-hybridized carbons (Fsp3) is 0.750. The predicted octanol–water partition coefficient (Wildman–Crippen LogP) is 10.6. The third-order valence-electron chi connectivity index (χ3n) is 17.5. The molecule has 19 heteroatoms. The van der Waals surface area contributed by atoms with Crippen molar-refractivity contribution in [1.29, 1.82) is 0 Å². The molecule has 0 aromatic heterocycles. The van der Waals surface area contributed by atoms with Crippen LogP contribution in [-0.2, 0) is 33.2 Å². The zero-order chi connectivity index (χ0) is 68.9. The summed E-state index contributed by atoms with van der Waals surface area (Å²) in [6.07, 6.45) is 49.2. The first-order valence-corrected chi connectivity index (χ1v) is 36.6. The lowest BCUT2D eigenvalue weighted by molar-refractivity contribution is -0.379. The highest BCUT2D eigenvalue weighted by Crippen LogP contribution is 2.33. The second-order valence-electron chi connectivity index (χ2n) is 25.6. The Morgan fingerprint density at radius 3 is 1.18 bits per heavy atom. The lowest BCUT2D eigenvalue weighted by Gasteiger charge is -2.48. The van der Waals surface area contributed by atoms with Gasteiger partial charge in [-0.3, -0.25) is 4.79 Å². The zero-order valence-electron chi connectivity index (χ0n) is 57.9. The van der Waals surface area contributed by atoms with E-state index in [4.69, 9.17) is 28.4 Å². The lowest BCUT2D eigenvalue weighted by atomic mass is 9.96. The molecule has 0 spiro atoms. The van der Waals surface area contributed by atoms with E-state index in [0.29, 0.717) is 12.8 Å². The van der Waals surface area contributed by atoms with Crippen molar-refractivity contribution in [3.05, 3.63) is 109 Å². The molecular weight excluding hydrogens is 1210 g/mol. The highest BCUT2D eigenvalue weighted by Gasteiger charge is 2.53. The normalized spacial score (nSPS) is 27.9. The van der Waals surface area contributed by atoms with Gasteiger partial charge in [0.2, 0.25) is 5.91 Å². The van der Waals surface area contributed by atoms with E-state index in [1.807, 2.05) is 6.08 Å². The molecular formula is C76H129NO18. The second-order valence-corrected chi connectivity index (χ2v) is 25.6. The van der Waals surface area contributed by atoms with Gasteiger partial charge in [0, 0.05) is 6.42 Å². The van der Waals surface area contributed by atoms with Crippen LogP contribution in [0.1, 0.15) is 232 Å². The molecule has 0 aromatic carbocycles. The summed E-state index contributed by atoms with van der Waals surface area (Å²) < 4.78 is 34.3. The van der Waals surface area contributed by atoms with Crippen molar-refractivity contribution < 1.29 is 89.4 Å². The smallest absolute Gasteiger partial charge is 0.220 e. The predicted molar refractivity (Wildman–Crippen MR) is 374 cm³/mol. The van der Waals surface area contributed by atoms with E-state index >= 15 is 0 Å². The minimum absolute atomic E-state index is 0.195. The molecule has 3 fully saturated rings. The lowest BCUT2D eigenvalue weighted by Crippen LogP contribution is -2.66. The molecule has 0 radical (unpaired) electrons. The first kappa shape index (κ1) is 85.7. The standard InChI is InChI=1S/C76H129NO18/c1-3-5-7-9-11-13-15-17-19-21-23-25-27-28-29-30-32-33-35-37-39-41-43-45-47-49-51-53-60(81)59(77-64(82)54-52-50-48-46-44-42-40-38-36-34-31-26-24-22-20-18-16-14-12-10-8-6-4-2)58-90-74-70(88)67(85)72(62(56-79)92-74)95-76-71(89)68(86)73(63(57-80)93-76)94-75-69(87)66(84)65(83)61(55-78)91-75/h6,8,12,14,18,20,24,26,34-37,40,42-43,45,51,53,59-63,65-76,78-81,83-89H,3-5,7,9-11,13,15-17,19,21-23,25,27-33,38-39,41,44,46-50,52,54-58H2,1-2H3,(H,77,82)/b8-6-,14-12-,20-18-,26-24-,36-34-,37-35+,42-40-,45-43+,53-51+. The van der Waals surface area contributed by atoms with Crippen molar-refractivity contribution in [3.8, 4) is 0 Å². The third kappa shape index (κ3) is 37.5. The molecule has 0 aliphatic carbocycles. The maximum absolute atomic E-state index is 13.4. The number of unbranched alkanes of at least 4 members (excludes halogenated alkanes) is 23. The number of amides is 1. The van der Waals surface area contributed by atoms with Crippen LogP contribution in [0, 0.1) is 0 Å². The summed E-state index contributed by atoms with van der Waals surface area (Å²) in [5, 5.41) is 121. The van der Waals surface area contributed by atoms with Gasteiger partial charge in [-0.2, -0.15) is 0 Å². The van der Waals surface area contributed by atoms with Gasteiger partial charge in [-0.05, 0) is 96.3 Å². The van der Waals surface area contributed by atoms with Gasteiger partial charge in [0.05, 0.1) is 38.6 Å². The van der Waals surface area contributed by atoms with Crippen LogP contribution < -0.4 is 5.32 Å². The van der Waals surface area contributed by atoms with Gasteiger partial charge >= 0.3 is 0 Å². The Morgan fingerprint density at radius 1 is 0.389 bits per heavy atom. The van der Waals surface area contributed by atoms with E-state index in [0.717, 1.165) is 89.9 Å². The summed E-state index contributed by atoms with van der Waals surface area (Å²) >= 11 is 0. The zero-order valence-corrected chi connectivity index (χ0v) is 57.9. The summed E-state index contributed by atoms with van der Waals surface area (Å²) in [5.41, 5.74) is 0. The van der Waals surface area contributed by atoms with Crippen LogP contribution in [0.25, 0.3) is 0 Å². The number of allylic oxidation sites excluding steroid dienone is 17. The first-order chi connectivity index (χ1) is 46.3. The molecule has 3 saturated heterocycles. The van der Waals surface area contributed by atoms with Crippen molar-refractivity contribution in [2.24, 2.45) is 0 Å². The van der Waals surface area contributed by atoms with Gasteiger partial charge in [-0.15, -0.1) is 0 Å². The molecule has 95 heavy (non-hydrogen) atoms. The van der Waals surface area contributed by atoms with Gasteiger partial charge in [0.1, 0.15) is 73.2 Å². The maximum Gasteiger partial charge on any atom is 0.220 e. The molecule has 3 aliphatic heterocycles. The number of carbonyl (C=O) groups is 1. The van der Waals surface area contributed by atoms with E-state index in [-0.39, 0.29) is 18.9 Å². The highest BCUT2D eigenvalue weighted by atomic mass is 16.8. The van der Waals surface area contributed by atoms with E-state index in [1.165, 1.54) is 109 Å². The third-order valence-corrected chi connectivity index (χ3v) is 17.5. The number of carbonyl (C=O) groups excluding carboxylic acids is 1. The molecule has 3 heterocycles. The molecule has 546 valence electrons. The van der Waals surface area contributed by atoms with E-state index in [9.17, 15) is 61.0 Å². The van der Waals surface area contributed by atoms with Crippen molar-refractivity contribution in [2.75, 3.05) is 26.4 Å². The number of aliphatic hydroxyl groups is 11.